The quantitative estimate of drug-likeness (QED) is 0.881. The van der Waals surface area contributed by atoms with Gasteiger partial charge in [0, 0.05) is 31.9 Å². The SMILES string of the molecule is CCNc1ncccc1S(=O)(=O)N1CC(C)C(N(C)C)C1. The van der Waals surface area contributed by atoms with Crippen molar-refractivity contribution >= 4 is 15.8 Å². The summed E-state index contributed by atoms with van der Waals surface area (Å²) >= 11 is 0. The molecule has 1 aliphatic rings. The predicted octanol–water partition coefficient (Wildman–Crippen LogP) is 1.08. The van der Waals surface area contributed by atoms with Gasteiger partial charge in [0.1, 0.15) is 10.7 Å². The summed E-state index contributed by atoms with van der Waals surface area (Å²) in [5.41, 5.74) is 0. The minimum atomic E-state index is -3.51. The van der Waals surface area contributed by atoms with E-state index >= 15 is 0 Å². The average molecular weight is 312 g/mol. The molecule has 2 unspecified atom stereocenters. The molecule has 0 aliphatic carbocycles. The van der Waals surface area contributed by atoms with Gasteiger partial charge in [-0.15, -0.1) is 0 Å². The lowest BCUT2D eigenvalue weighted by Crippen LogP contribution is -2.36. The maximum absolute atomic E-state index is 12.9. The second kappa shape index (κ2) is 6.29. The molecule has 2 atom stereocenters. The molecule has 21 heavy (non-hydrogen) atoms. The maximum Gasteiger partial charge on any atom is 0.246 e. The van der Waals surface area contributed by atoms with Gasteiger partial charge in [-0.2, -0.15) is 4.31 Å². The van der Waals surface area contributed by atoms with E-state index in [1.807, 2.05) is 21.0 Å². The Balaban J connectivity index is 2.31. The summed E-state index contributed by atoms with van der Waals surface area (Å²) in [5.74, 6) is 0.745. The summed E-state index contributed by atoms with van der Waals surface area (Å²) in [7, 11) is 0.474. The van der Waals surface area contributed by atoms with Gasteiger partial charge < -0.3 is 10.2 Å². The smallest absolute Gasteiger partial charge is 0.246 e. The van der Waals surface area contributed by atoms with E-state index in [2.05, 4.69) is 22.1 Å². The number of aromatic nitrogens is 1. The number of nitrogens with zero attached hydrogens (tertiary/aromatic N) is 3. The monoisotopic (exact) mass is 312 g/mol. The number of likely N-dealkylation sites (N-methyl/N-ethyl adjacent to an activating group) is 1. The third kappa shape index (κ3) is 3.20. The van der Waals surface area contributed by atoms with Crippen LogP contribution in [0.15, 0.2) is 23.2 Å². The van der Waals surface area contributed by atoms with Crippen LogP contribution in [0.25, 0.3) is 0 Å². The molecule has 1 aromatic heterocycles. The lowest BCUT2D eigenvalue weighted by atomic mass is 10.1. The van der Waals surface area contributed by atoms with Crippen molar-refractivity contribution < 1.29 is 8.42 Å². The molecule has 1 fully saturated rings. The van der Waals surface area contributed by atoms with Crippen molar-refractivity contribution in [2.75, 3.05) is 39.0 Å². The molecule has 2 heterocycles. The Morgan fingerprint density at radius 3 is 2.71 bits per heavy atom. The van der Waals surface area contributed by atoms with Crippen molar-refractivity contribution in [3.63, 3.8) is 0 Å². The summed E-state index contributed by atoms with van der Waals surface area (Å²) in [5, 5.41) is 3.02. The van der Waals surface area contributed by atoms with Crippen LogP contribution in [0.1, 0.15) is 13.8 Å². The molecule has 1 aromatic rings. The van der Waals surface area contributed by atoms with Crippen LogP contribution in [-0.2, 0) is 10.0 Å². The first kappa shape index (κ1) is 16.2. The Hall–Kier alpha value is -1.18. The molecular formula is C14H24N4O2S. The van der Waals surface area contributed by atoms with Crippen molar-refractivity contribution in [2.45, 2.75) is 24.8 Å². The summed E-state index contributed by atoms with van der Waals surface area (Å²) in [4.78, 5) is 6.51. The van der Waals surface area contributed by atoms with Gasteiger partial charge in [-0.3, -0.25) is 0 Å². The molecule has 0 saturated carbocycles. The lowest BCUT2D eigenvalue weighted by Gasteiger charge is -2.22. The van der Waals surface area contributed by atoms with Crippen molar-refractivity contribution in [1.82, 2.24) is 14.2 Å². The van der Waals surface area contributed by atoms with E-state index in [4.69, 9.17) is 0 Å². The van der Waals surface area contributed by atoms with Crippen LogP contribution in [0.2, 0.25) is 0 Å². The molecule has 2 rings (SSSR count). The van der Waals surface area contributed by atoms with Gasteiger partial charge in [0.15, 0.2) is 0 Å². The van der Waals surface area contributed by atoms with Gasteiger partial charge in [-0.05, 0) is 39.1 Å². The Bertz CT molecular complexity index is 588. The zero-order valence-corrected chi connectivity index (χ0v) is 13.9. The molecule has 7 heteroatoms. The molecule has 0 radical (unpaired) electrons. The second-order valence-corrected chi connectivity index (χ2v) is 7.62. The van der Waals surface area contributed by atoms with Gasteiger partial charge in [-0.1, -0.05) is 6.92 Å². The van der Waals surface area contributed by atoms with Crippen LogP contribution in [0, 0.1) is 5.92 Å². The van der Waals surface area contributed by atoms with Crippen molar-refractivity contribution in [1.29, 1.82) is 0 Å². The molecule has 1 aliphatic heterocycles. The highest BCUT2D eigenvalue weighted by atomic mass is 32.2. The number of sulfonamides is 1. The van der Waals surface area contributed by atoms with Gasteiger partial charge in [0.05, 0.1) is 0 Å². The zero-order chi connectivity index (χ0) is 15.6. The first-order chi connectivity index (χ1) is 9.87. The first-order valence-corrected chi connectivity index (χ1v) is 8.67. The molecule has 118 valence electrons. The predicted molar refractivity (Wildman–Crippen MR) is 83.8 cm³/mol. The van der Waals surface area contributed by atoms with Crippen LogP contribution in [0.4, 0.5) is 5.82 Å². The molecule has 1 saturated heterocycles. The number of hydrogen-bond donors (Lipinski definition) is 1. The van der Waals surface area contributed by atoms with Crippen LogP contribution < -0.4 is 5.32 Å². The number of anilines is 1. The normalized spacial score (nSPS) is 23.7. The molecular weight excluding hydrogens is 288 g/mol. The van der Waals surface area contributed by atoms with E-state index in [-0.39, 0.29) is 10.9 Å². The summed E-state index contributed by atoms with van der Waals surface area (Å²) in [6.07, 6.45) is 1.60. The van der Waals surface area contributed by atoms with E-state index in [1.54, 1.807) is 22.6 Å². The van der Waals surface area contributed by atoms with Crippen LogP contribution >= 0.6 is 0 Å². The summed E-state index contributed by atoms with van der Waals surface area (Å²) in [6.45, 7) is 5.72. The fraction of sp³-hybridized carbons (Fsp3) is 0.643. The highest BCUT2D eigenvalue weighted by Crippen LogP contribution is 2.29. The van der Waals surface area contributed by atoms with E-state index in [1.165, 1.54) is 0 Å². The Kier molecular flexibility index (Phi) is 4.85. The average Bonchev–Trinajstić information content (AvgIpc) is 2.82. The second-order valence-electron chi connectivity index (χ2n) is 5.71. The van der Waals surface area contributed by atoms with E-state index in [0.29, 0.717) is 31.4 Å². The Morgan fingerprint density at radius 2 is 2.14 bits per heavy atom. The van der Waals surface area contributed by atoms with E-state index in [0.717, 1.165) is 0 Å². The van der Waals surface area contributed by atoms with Crippen LogP contribution in [-0.4, -0.2) is 62.4 Å². The molecule has 1 N–H and O–H groups in total. The molecule has 0 bridgehead atoms. The lowest BCUT2D eigenvalue weighted by molar-refractivity contribution is 0.263. The minimum absolute atomic E-state index is 0.249. The summed E-state index contributed by atoms with van der Waals surface area (Å²) in [6, 6.07) is 3.53. The van der Waals surface area contributed by atoms with Crippen molar-refractivity contribution in [3.8, 4) is 0 Å². The molecule has 0 aromatic carbocycles. The first-order valence-electron chi connectivity index (χ1n) is 7.23. The fourth-order valence-corrected chi connectivity index (χ4v) is 4.49. The number of pyridine rings is 1. The minimum Gasteiger partial charge on any atom is -0.369 e. The number of rotatable bonds is 5. The van der Waals surface area contributed by atoms with E-state index in [9.17, 15) is 8.42 Å². The van der Waals surface area contributed by atoms with Gasteiger partial charge in [0.25, 0.3) is 0 Å². The van der Waals surface area contributed by atoms with Gasteiger partial charge in [0.2, 0.25) is 10.0 Å². The largest absolute Gasteiger partial charge is 0.369 e. The number of nitrogens with one attached hydrogen (secondary N) is 1. The van der Waals surface area contributed by atoms with Gasteiger partial charge in [-0.25, -0.2) is 13.4 Å². The summed E-state index contributed by atoms with van der Waals surface area (Å²) < 4.78 is 27.3. The Labute approximate surface area is 127 Å². The van der Waals surface area contributed by atoms with Gasteiger partial charge >= 0.3 is 0 Å². The van der Waals surface area contributed by atoms with Crippen LogP contribution in [0.5, 0.6) is 0 Å². The molecule has 0 spiro atoms. The van der Waals surface area contributed by atoms with Crippen molar-refractivity contribution in [3.05, 3.63) is 18.3 Å². The maximum atomic E-state index is 12.9. The Morgan fingerprint density at radius 1 is 1.43 bits per heavy atom. The molecule has 0 amide bonds. The van der Waals surface area contributed by atoms with Crippen LogP contribution in [0.3, 0.4) is 0 Å². The zero-order valence-electron chi connectivity index (χ0n) is 13.1. The highest BCUT2D eigenvalue weighted by molar-refractivity contribution is 7.89. The number of hydrogen-bond acceptors (Lipinski definition) is 5. The topological polar surface area (TPSA) is 65.5 Å². The highest BCUT2D eigenvalue weighted by Gasteiger charge is 2.39. The molecule has 6 nitrogen and oxygen atoms in total. The third-order valence-electron chi connectivity index (χ3n) is 3.94. The standard InChI is InChI=1S/C14H24N4O2S/c1-5-15-14-13(7-6-8-16-14)21(19,20)18-9-11(2)12(10-18)17(3)4/h6-8,11-12H,5,9-10H2,1-4H3,(H,15,16). The van der Waals surface area contributed by atoms with E-state index < -0.39 is 10.0 Å². The van der Waals surface area contributed by atoms with Crippen molar-refractivity contribution in [2.24, 2.45) is 5.92 Å². The third-order valence-corrected chi connectivity index (χ3v) is 5.80. The fourth-order valence-electron chi connectivity index (χ4n) is 2.81.